The lowest BCUT2D eigenvalue weighted by atomic mass is 10.2. The number of pyridine rings is 1. The second-order valence-electron chi connectivity index (χ2n) is 3.00. The van der Waals surface area contributed by atoms with Crippen LogP contribution in [-0.4, -0.2) is 10.8 Å². The molecule has 0 atom stereocenters. The predicted molar refractivity (Wildman–Crippen MR) is 58.1 cm³/mol. The van der Waals surface area contributed by atoms with Crippen LogP contribution in [0, 0.1) is 5.92 Å². The van der Waals surface area contributed by atoms with Crippen molar-refractivity contribution in [2.45, 2.75) is 13.8 Å². The minimum atomic E-state index is 0.244. The predicted octanol–water partition coefficient (Wildman–Crippen LogP) is 2.49. The van der Waals surface area contributed by atoms with Gasteiger partial charge in [-0.15, -0.1) is 0 Å². The van der Waals surface area contributed by atoms with E-state index < -0.39 is 0 Å². The van der Waals surface area contributed by atoms with Gasteiger partial charge < -0.3 is 5.73 Å². The maximum Gasteiger partial charge on any atom is 0.168 e. The number of halogens is 1. The highest BCUT2D eigenvalue weighted by atomic mass is 79.9. The van der Waals surface area contributed by atoms with Crippen molar-refractivity contribution in [3.8, 4) is 0 Å². The summed E-state index contributed by atoms with van der Waals surface area (Å²) in [6.07, 6.45) is 1.69. The van der Waals surface area contributed by atoms with Gasteiger partial charge >= 0.3 is 0 Å². The zero-order valence-electron chi connectivity index (χ0n) is 7.66. The molecule has 0 aromatic carbocycles. The second kappa shape index (κ2) is 4.37. The van der Waals surface area contributed by atoms with Gasteiger partial charge in [0.05, 0.1) is 4.47 Å². The maximum atomic E-state index is 5.71. The third kappa shape index (κ3) is 2.81. The van der Waals surface area contributed by atoms with Crippen molar-refractivity contribution in [3.05, 3.63) is 22.8 Å². The molecular formula is C9H12BrN3. The fourth-order valence-corrected chi connectivity index (χ4v) is 1.05. The second-order valence-corrected chi connectivity index (χ2v) is 3.85. The summed E-state index contributed by atoms with van der Waals surface area (Å²) >= 11 is 3.35. The minimum Gasteiger partial charge on any atom is -0.387 e. The van der Waals surface area contributed by atoms with Crippen LogP contribution in [0.25, 0.3) is 0 Å². The summed E-state index contributed by atoms with van der Waals surface area (Å²) < 4.78 is 0.860. The first-order valence-electron chi connectivity index (χ1n) is 4.06. The highest BCUT2D eigenvalue weighted by molar-refractivity contribution is 9.10. The van der Waals surface area contributed by atoms with E-state index in [0.29, 0.717) is 11.7 Å². The average Bonchev–Trinajstić information content (AvgIpc) is 2.08. The lowest BCUT2D eigenvalue weighted by Crippen LogP contribution is -2.18. The van der Waals surface area contributed by atoms with Gasteiger partial charge in [-0.2, -0.15) is 0 Å². The Morgan fingerprint density at radius 3 is 2.85 bits per heavy atom. The first kappa shape index (κ1) is 10.2. The molecule has 0 radical (unpaired) electrons. The van der Waals surface area contributed by atoms with E-state index in [0.717, 1.165) is 4.47 Å². The molecular weight excluding hydrogens is 230 g/mol. The van der Waals surface area contributed by atoms with Gasteiger partial charge in [0.25, 0.3) is 0 Å². The number of nitrogens with two attached hydrogens (primary N) is 1. The lowest BCUT2D eigenvalue weighted by molar-refractivity contribution is 0.871. The first-order chi connectivity index (χ1) is 6.11. The van der Waals surface area contributed by atoms with E-state index in [1.54, 1.807) is 6.20 Å². The number of aliphatic imine (C=N–C) groups is 1. The summed E-state index contributed by atoms with van der Waals surface area (Å²) in [6, 6.07) is 3.73. The molecule has 0 aliphatic rings. The number of hydrogen-bond donors (Lipinski definition) is 1. The Bertz CT molecular complexity index is 320. The van der Waals surface area contributed by atoms with Crippen molar-refractivity contribution in [1.82, 2.24) is 4.98 Å². The van der Waals surface area contributed by atoms with Gasteiger partial charge in [-0.3, -0.25) is 0 Å². The molecule has 0 bridgehead atoms. The molecule has 0 amide bonds. The van der Waals surface area contributed by atoms with Crippen molar-refractivity contribution < 1.29 is 0 Å². The Balaban J connectivity index is 2.97. The molecule has 3 nitrogen and oxygen atoms in total. The monoisotopic (exact) mass is 241 g/mol. The van der Waals surface area contributed by atoms with E-state index >= 15 is 0 Å². The van der Waals surface area contributed by atoms with E-state index in [2.05, 4.69) is 25.9 Å². The normalized spacial score (nSPS) is 12.2. The van der Waals surface area contributed by atoms with Gasteiger partial charge in [0, 0.05) is 12.1 Å². The topological polar surface area (TPSA) is 51.3 Å². The van der Waals surface area contributed by atoms with Gasteiger partial charge in [0.15, 0.2) is 5.82 Å². The summed E-state index contributed by atoms with van der Waals surface area (Å²) in [7, 11) is 0. The molecule has 0 saturated heterocycles. The molecule has 1 heterocycles. The molecule has 4 heteroatoms. The Kier molecular flexibility index (Phi) is 3.42. The molecule has 2 N–H and O–H groups in total. The van der Waals surface area contributed by atoms with E-state index in [1.807, 2.05) is 26.0 Å². The molecule has 0 fully saturated rings. The van der Waals surface area contributed by atoms with Gasteiger partial charge in [0.2, 0.25) is 0 Å². The third-order valence-corrected chi connectivity index (χ3v) is 2.18. The summed E-state index contributed by atoms with van der Waals surface area (Å²) in [4.78, 5) is 8.28. The molecule has 0 aliphatic carbocycles. The summed E-state index contributed by atoms with van der Waals surface area (Å²) in [6.45, 7) is 3.99. The van der Waals surface area contributed by atoms with Crippen LogP contribution in [0.1, 0.15) is 13.8 Å². The molecule has 1 aromatic rings. The molecule has 0 unspecified atom stereocenters. The number of hydrogen-bond acceptors (Lipinski definition) is 2. The van der Waals surface area contributed by atoms with Gasteiger partial charge in [0.1, 0.15) is 5.84 Å². The van der Waals surface area contributed by atoms with Crippen LogP contribution in [0.3, 0.4) is 0 Å². The molecule has 0 saturated carbocycles. The minimum absolute atomic E-state index is 0.244. The average molecular weight is 242 g/mol. The van der Waals surface area contributed by atoms with Gasteiger partial charge in [-0.05, 0) is 28.1 Å². The summed E-state index contributed by atoms with van der Waals surface area (Å²) in [5.41, 5.74) is 5.71. The van der Waals surface area contributed by atoms with Crippen LogP contribution in [0.15, 0.2) is 27.8 Å². The van der Waals surface area contributed by atoms with E-state index in [-0.39, 0.29) is 5.92 Å². The van der Waals surface area contributed by atoms with Crippen molar-refractivity contribution in [1.29, 1.82) is 0 Å². The molecule has 70 valence electrons. The van der Waals surface area contributed by atoms with Crippen molar-refractivity contribution in [3.63, 3.8) is 0 Å². The first-order valence-corrected chi connectivity index (χ1v) is 4.85. The number of rotatable bonds is 2. The van der Waals surface area contributed by atoms with E-state index in [1.165, 1.54) is 0 Å². The van der Waals surface area contributed by atoms with Crippen LogP contribution in [0.2, 0.25) is 0 Å². The SMILES string of the molecule is CC(C)/C(N)=N/c1ncccc1Br. The fourth-order valence-electron chi connectivity index (χ4n) is 0.711. The molecule has 1 rings (SSSR count). The van der Waals surface area contributed by atoms with Crippen molar-refractivity contribution >= 4 is 27.6 Å². The quantitative estimate of drug-likeness (QED) is 0.639. The number of nitrogens with zero attached hydrogens (tertiary/aromatic N) is 2. The zero-order valence-corrected chi connectivity index (χ0v) is 9.25. The Morgan fingerprint density at radius 1 is 1.62 bits per heavy atom. The molecule has 1 aromatic heterocycles. The highest BCUT2D eigenvalue weighted by Crippen LogP contribution is 2.21. The number of aromatic nitrogens is 1. The largest absolute Gasteiger partial charge is 0.387 e. The van der Waals surface area contributed by atoms with E-state index in [9.17, 15) is 0 Å². The standard InChI is InChI=1S/C9H12BrN3/c1-6(2)8(11)13-9-7(10)4-3-5-12-9/h3-6H,1-2H3,(H2,11,12,13). The highest BCUT2D eigenvalue weighted by Gasteiger charge is 2.02. The number of amidine groups is 1. The maximum absolute atomic E-state index is 5.71. The van der Waals surface area contributed by atoms with Crippen LogP contribution < -0.4 is 5.73 Å². The summed E-state index contributed by atoms with van der Waals surface area (Å²) in [5, 5.41) is 0. The Hall–Kier alpha value is -0.900. The Morgan fingerprint density at radius 2 is 2.31 bits per heavy atom. The molecule has 0 spiro atoms. The van der Waals surface area contributed by atoms with Crippen LogP contribution >= 0.6 is 15.9 Å². The van der Waals surface area contributed by atoms with Crippen LogP contribution in [0.4, 0.5) is 5.82 Å². The Labute approximate surface area is 86.2 Å². The van der Waals surface area contributed by atoms with Crippen LogP contribution in [0.5, 0.6) is 0 Å². The van der Waals surface area contributed by atoms with Crippen molar-refractivity contribution in [2.24, 2.45) is 16.6 Å². The van der Waals surface area contributed by atoms with Crippen LogP contribution in [-0.2, 0) is 0 Å². The lowest BCUT2D eigenvalue weighted by Gasteiger charge is -2.03. The molecule has 0 aliphatic heterocycles. The zero-order chi connectivity index (χ0) is 9.84. The van der Waals surface area contributed by atoms with Gasteiger partial charge in [-0.25, -0.2) is 9.98 Å². The van der Waals surface area contributed by atoms with Gasteiger partial charge in [-0.1, -0.05) is 13.8 Å². The fraction of sp³-hybridized carbons (Fsp3) is 0.333. The van der Waals surface area contributed by atoms with Crippen molar-refractivity contribution in [2.75, 3.05) is 0 Å². The smallest absolute Gasteiger partial charge is 0.168 e. The van der Waals surface area contributed by atoms with E-state index in [4.69, 9.17) is 5.73 Å². The third-order valence-electron chi connectivity index (χ3n) is 1.57. The summed E-state index contributed by atoms with van der Waals surface area (Å²) in [5.74, 6) is 1.47. The molecule has 13 heavy (non-hydrogen) atoms.